The number of ether oxygens (including phenoxy) is 2. The first-order valence-electron chi connectivity index (χ1n) is 6.57. The predicted octanol–water partition coefficient (Wildman–Crippen LogP) is 3.70. The van der Waals surface area contributed by atoms with Gasteiger partial charge in [0.1, 0.15) is 0 Å². The molecule has 0 bridgehead atoms. The van der Waals surface area contributed by atoms with Gasteiger partial charge in [-0.25, -0.2) is 9.78 Å². The Bertz CT molecular complexity index is 652. The molecule has 5 nitrogen and oxygen atoms in total. The fourth-order valence-corrected chi connectivity index (χ4v) is 1.81. The number of nitrogens with zero attached hydrogens (tertiary/aromatic N) is 1. The molecular formula is C16H17NO4. The average Bonchev–Trinajstić information content (AvgIpc) is 2.47. The van der Waals surface area contributed by atoms with Crippen LogP contribution in [-0.2, 0) is 0 Å². The number of pyridine rings is 1. The lowest BCUT2D eigenvalue weighted by atomic mass is 10.1. The molecule has 0 aliphatic heterocycles. The first-order valence-corrected chi connectivity index (χ1v) is 6.57. The Labute approximate surface area is 123 Å². The number of benzene rings is 1. The van der Waals surface area contributed by atoms with Crippen molar-refractivity contribution < 1.29 is 19.4 Å². The minimum Gasteiger partial charge on any atom is -0.493 e. The number of aromatic nitrogens is 1. The highest BCUT2D eigenvalue weighted by molar-refractivity contribution is 5.88. The van der Waals surface area contributed by atoms with Crippen LogP contribution in [0.2, 0.25) is 0 Å². The van der Waals surface area contributed by atoms with Gasteiger partial charge in [-0.15, -0.1) is 0 Å². The summed E-state index contributed by atoms with van der Waals surface area (Å²) in [6.07, 6.45) is 0. The molecule has 0 amide bonds. The van der Waals surface area contributed by atoms with Crippen LogP contribution in [-0.4, -0.2) is 23.2 Å². The highest BCUT2D eigenvalue weighted by Crippen LogP contribution is 2.31. The normalized spacial score (nSPS) is 10.5. The molecule has 0 aliphatic rings. The van der Waals surface area contributed by atoms with Crippen molar-refractivity contribution >= 4 is 5.97 Å². The summed E-state index contributed by atoms with van der Waals surface area (Å²) < 4.78 is 10.9. The van der Waals surface area contributed by atoms with Crippen LogP contribution in [0.25, 0.3) is 0 Å². The van der Waals surface area contributed by atoms with Crippen LogP contribution >= 0.6 is 0 Å². The molecule has 0 unspecified atom stereocenters. The zero-order valence-electron chi connectivity index (χ0n) is 12.2. The Morgan fingerprint density at radius 1 is 1.19 bits per heavy atom. The Hall–Kier alpha value is -2.56. The van der Waals surface area contributed by atoms with E-state index in [0.717, 1.165) is 0 Å². The first kappa shape index (κ1) is 14.8. The summed E-state index contributed by atoms with van der Waals surface area (Å²) in [5, 5.41) is 9.17. The highest BCUT2D eigenvalue weighted by atomic mass is 16.5. The molecular weight excluding hydrogens is 270 g/mol. The third kappa shape index (κ3) is 3.51. The van der Waals surface area contributed by atoms with Crippen molar-refractivity contribution in [1.29, 1.82) is 0 Å². The van der Waals surface area contributed by atoms with E-state index in [1.807, 2.05) is 26.0 Å². The van der Waals surface area contributed by atoms with E-state index in [1.165, 1.54) is 6.07 Å². The van der Waals surface area contributed by atoms with Gasteiger partial charge in [0.2, 0.25) is 5.88 Å². The second-order valence-corrected chi connectivity index (χ2v) is 4.83. The van der Waals surface area contributed by atoms with Gasteiger partial charge in [-0.1, -0.05) is 26.0 Å². The lowest BCUT2D eigenvalue weighted by Crippen LogP contribution is -2.03. The largest absolute Gasteiger partial charge is 0.493 e. The summed E-state index contributed by atoms with van der Waals surface area (Å²) in [6, 6.07) is 10.1. The molecule has 0 saturated carbocycles. The minimum atomic E-state index is -1.01. The number of methoxy groups -OCH3 is 1. The summed E-state index contributed by atoms with van der Waals surface area (Å²) in [7, 11) is 1.54. The molecule has 2 aromatic rings. The van der Waals surface area contributed by atoms with Crippen molar-refractivity contribution in [2.75, 3.05) is 7.11 Å². The Balaban J connectivity index is 2.41. The fourth-order valence-electron chi connectivity index (χ4n) is 1.81. The molecule has 2 rings (SSSR count). The monoisotopic (exact) mass is 287 g/mol. The molecule has 1 aromatic carbocycles. The second-order valence-electron chi connectivity index (χ2n) is 4.83. The molecule has 0 aliphatic carbocycles. The Kier molecular flexibility index (Phi) is 4.42. The fraction of sp³-hybridized carbons (Fsp3) is 0.250. The Morgan fingerprint density at radius 2 is 1.86 bits per heavy atom. The van der Waals surface area contributed by atoms with Crippen molar-refractivity contribution in [3.05, 3.63) is 47.7 Å². The number of carboxylic acids is 1. The van der Waals surface area contributed by atoms with E-state index in [9.17, 15) is 9.90 Å². The van der Waals surface area contributed by atoms with Gasteiger partial charge < -0.3 is 14.6 Å². The predicted molar refractivity (Wildman–Crippen MR) is 78.4 cm³/mol. The maximum atomic E-state index is 11.2. The van der Waals surface area contributed by atoms with Crippen LogP contribution in [0.1, 0.15) is 35.8 Å². The zero-order chi connectivity index (χ0) is 15.4. The van der Waals surface area contributed by atoms with Gasteiger partial charge in [-0.05, 0) is 24.1 Å². The molecule has 0 radical (unpaired) electrons. The van der Waals surface area contributed by atoms with Gasteiger partial charge in [0, 0.05) is 11.8 Å². The molecule has 0 fully saturated rings. The van der Waals surface area contributed by atoms with Crippen LogP contribution in [0.15, 0.2) is 36.4 Å². The maximum absolute atomic E-state index is 11.2. The van der Waals surface area contributed by atoms with E-state index >= 15 is 0 Å². The summed E-state index contributed by atoms with van der Waals surface area (Å²) in [5.74, 6) is 0.382. The van der Waals surface area contributed by atoms with E-state index in [2.05, 4.69) is 4.98 Å². The van der Waals surface area contributed by atoms with Gasteiger partial charge in [-0.2, -0.15) is 0 Å². The van der Waals surface area contributed by atoms with Crippen molar-refractivity contribution in [3.8, 4) is 17.4 Å². The van der Waals surface area contributed by atoms with Crippen LogP contribution in [0.3, 0.4) is 0 Å². The van der Waals surface area contributed by atoms with Crippen molar-refractivity contribution in [2.45, 2.75) is 19.8 Å². The molecule has 0 spiro atoms. The summed E-state index contributed by atoms with van der Waals surface area (Å²) >= 11 is 0. The van der Waals surface area contributed by atoms with Crippen LogP contribution in [0.5, 0.6) is 17.4 Å². The second kappa shape index (κ2) is 6.26. The third-order valence-corrected chi connectivity index (χ3v) is 2.94. The molecule has 1 N–H and O–H groups in total. The van der Waals surface area contributed by atoms with Gasteiger partial charge in [0.05, 0.1) is 12.7 Å². The number of aromatic carboxylic acids is 1. The lowest BCUT2D eigenvalue weighted by Gasteiger charge is -2.12. The van der Waals surface area contributed by atoms with Crippen LogP contribution < -0.4 is 9.47 Å². The molecule has 1 aromatic heterocycles. The van der Waals surface area contributed by atoms with Crippen molar-refractivity contribution in [2.24, 2.45) is 0 Å². The number of carboxylic acid groups (broad SMARTS) is 1. The average molecular weight is 287 g/mol. The Morgan fingerprint density at radius 3 is 2.43 bits per heavy atom. The number of hydrogen-bond acceptors (Lipinski definition) is 4. The quantitative estimate of drug-likeness (QED) is 0.908. The van der Waals surface area contributed by atoms with Gasteiger partial charge >= 0.3 is 5.97 Å². The topological polar surface area (TPSA) is 68.7 Å². The number of para-hydroxylation sites is 2. The van der Waals surface area contributed by atoms with Crippen LogP contribution in [0, 0.1) is 0 Å². The molecule has 5 heteroatoms. The van der Waals surface area contributed by atoms with E-state index in [1.54, 1.807) is 25.3 Å². The standard InChI is InChI=1S/C16H17NO4/c1-10(2)12-8-11(16(18)19)9-15(17-12)21-14-7-5-4-6-13(14)20-3/h4-10H,1-3H3,(H,18,19). The van der Waals surface area contributed by atoms with E-state index < -0.39 is 5.97 Å². The SMILES string of the molecule is COc1ccccc1Oc1cc(C(=O)O)cc(C(C)C)n1. The minimum absolute atomic E-state index is 0.101. The smallest absolute Gasteiger partial charge is 0.335 e. The molecule has 1 heterocycles. The third-order valence-electron chi connectivity index (χ3n) is 2.94. The summed E-state index contributed by atoms with van der Waals surface area (Å²) in [5.41, 5.74) is 0.818. The first-order chi connectivity index (χ1) is 10.0. The summed E-state index contributed by atoms with van der Waals surface area (Å²) in [6.45, 7) is 3.89. The molecule has 0 atom stereocenters. The zero-order valence-corrected chi connectivity index (χ0v) is 12.2. The van der Waals surface area contributed by atoms with E-state index in [4.69, 9.17) is 9.47 Å². The summed E-state index contributed by atoms with van der Waals surface area (Å²) in [4.78, 5) is 15.5. The molecule has 110 valence electrons. The number of hydrogen-bond donors (Lipinski definition) is 1. The van der Waals surface area contributed by atoms with Gasteiger partial charge in [-0.3, -0.25) is 0 Å². The van der Waals surface area contributed by atoms with E-state index in [0.29, 0.717) is 17.2 Å². The van der Waals surface area contributed by atoms with Gasteiger partial charge in [0.15, 0.2) is 11.5 Å². The molecule has 0 saturated heterocycles. The molecule has 21 heavy (non-hydrogen) atoms. The van der Waals surface area contributed by atoms with Crippen molar-refractivity contribution in [1.82, 2.24) is 4.98 Å². The maximum Gasteiger partial charge on any atom is 0.335 e. The van der Waals surface area contributed by atoms with Crippen molar-refractivity contribution in [3.63, 3.8) is 0 Å². The van der Waals surface area contributed by atoms with Gasteiger partial charge in [0.25, 0.3) is 0 Å². The number of carbonyl (C=O) groups is 1. The highest BCUT2D eigenvalue weighted by Gasteiger charge is 2.13. The van der Waals surface area contributed by atoms with Crippen LogP contribution in [0.4, 0.5) is 0 Å². The lowest BCUT2D eigenvalue weighted by molar-refractivity contribution is 0.0696. The van der Waals surface area contributed by atoms with E-state index in [-0.39, 0.29) is 17.4 Å². The number of rotatable bonds is 5.